The predicted octanol–water partition coefficient (Wildman–Crippen LogP) is 4.34. The molecule has 6 heteroatoms. The summed E-state index contributed by atoms with van der Waals surface area (Å²) in [5.41, 5.74) is -1.42. The number of aryl methyl sites for hydroxylation is 1. The van der Waals surface area contributed by atoms with Crippen LogP contribution in [0.3, 0.4) is 0 Å². The lowest BCUT2D eigenvalue weighted by Crippen LogP contribution is -2.12. The Morgan fingerprint density at radius 3 is 2.45 bits per heavy atom. The quantitative estimate of drug-likeness (QED) is 0.573. The van der Waals surface area contributed by atoms with Crippen LogP contribution in [0.25, 0.3) is 0 Å². The summed E-state index contributed by atoms with van der Waals surface area (Å²) >= 11 is 0. The second kappa shape index (κ2) is 6.63. The van der Waals surface area contributed by atoms with Crippen LogP contribution in [0.15, 0.2) is 24.5 Å². The summed E-state index contributed by atoms with van der Waals surface area (Å²) < 4.78 is 62.1. The molecule has 0 N–H and O–H groups in total. The van der Waals surface area contributed by atoms with Crippen molar-refractivity contribution in [1.29, 1.82) is 0 Å². The third-order valence-electron chi connectivity index (χ3n) is 2.71. The molecule has 0 aliphatic heterocycles. The van der Waals surface area contributed by atoms with E-state index in [0.717, 1.165) is 13.2 Å². The summed E-state index contributed by atoms with van der Waals surface area (Å²) in [6.45, 7) is 5.78. The average Bonchev–Trinajstić information content (AvgIpc) is 2.35. The fourth-order valence-corrected chi connectivity index (χ4v) is 1.78. The number of halogens is 4. The van der Waals surface area contributed by atoms with Crippen LogP contribution < -0.4 is 4.74 Å². The number of methoxy groups -OCH3 is 1. The first kappa shape index (κ1) is 16.3. The smallest absolute Gasteiger partial charge is 0.422 e. The highest BCUT2D eigenvalue weighted by molar-refractivity contribution is 5.41. The van der Waals surface area contributed by atoms with Crippen molar-refractivity contribution in [2.45, 2.75) is 25.9 Å². The number of benzene rings is 1. The molecule has 0 spiro atoms. The van der Waals surface area contributed by atoms with Gasteiger partial charge in [0, 0.05) is 6.42 Å². The molecule has 1 rings (SSSR count). The maximum absolute atomic E-state index is 14.0. The lowest BCUT2D eigenvalue weighted by atomic mass is 10.0. The van der Waals surface area contributed by atoms with Crippen molar-refractivity contribution >= 4 is 0 Å². The number of alkyl halides is 3. The first-order valence-corrected chi connectivity index (χ1v) is 6.04. The van der Waals surface area contributed by atoms with Gasteiger partial charge in [-0.2, -0.15) is 13.2 Å². The van der Waals surface area contributed by atoms with E-state index in [1.807, 2.05) is 0 Å². The zero-order chi connectivity index (χ0) is 15.3. The molecule has 0 aromatic heterocycles. The Labute approximate surface area is 115 Å². The van der Waals surface area contributed by atoms with E-state index in [0.29, 0.717) is 12.4 Å². The number of hydrogen-bond acceptors (Lipinski definition) is 2. The first-order chi connectivity index (χ1) is 9.31. The van der Waals surface area contributed by atoms with Crippen LogP contribution in [0.1, 0.15) is 24.5 Å². The van der Waals surface area contributed by atoms with Crippen LogP contribution in [-0.2, 0) is 17.3 Å². The van der Waals surface area contributed by atoms with Crippen molar-refractivity contribution in [3.63, 3.8) is 0 Å². The molecule has 0 saturated carbocycles. The van der Waals surface area contributed by atoms with Gasteiger partial charge in [-0.05, 0) is 25.0 Å². The Bertz CT molecular complexity index is 481. The molecule has 0 saturated heterocycles. The van der Waals surface area contributed by atoms with Gasteiger partial charge in [0.05, 0.1) is 19.5 Å². The third kappa shape index (κ3) is 3.88. The molecule has 0 radical (unpaired) electrons. The second-order valence-corrected chi connectivity index (χ2v) is 4.09. The molecule has 112 valence electrons. The maximum Gasteiger partial charge on any atom is 0.422 e. The van der Waals surface area contributed by atoms with E-state index in [4.69, 9.17) is 4.74 Å². The van der Waals surface area contributed by atoms with Gasteiger partial charge in [0.2, 0.25) is 0 Å². The van der Waals surface area contributed by atoms with Crippen molar-refractivity contribution in [2.75, 3.05) is 13.7 Å². The zero-order valence-electron chi connectivity index (χ0n) is 11.3. The molecule has 1 aromatic rings. The highest BCUT2D eigenvalue weighted by atomic mass is 19.4. The third-order valence-corrected chi connectivity index (χ3v) is 2.71. The van der Waals surface area contributed by atoms with Crippen LogP contribution in [0.5, 0.6) is 5.75 Å². The van der Waals surface area contributed by atoms with E-state index < -0.39 is 23.3 Å². The molecular formula is C14H16F4O2. The maximum atomic E-state index is 14.0. The summed E-state index contributed by atoms with van der Waals surface area (Å²) in [4.78, 5) is 0. The molecule has 0 aliphatic carbocycles. The predicted molar refractivity (Wildman–Crippen MR) is 67.0 cm³/mol. The van der Waals surface area contributed by atoms with Crippen molar-refractivity contribution in [3.05, 3.63) is 41.4 Å². The van der Waals surface area contributed by atoms with Crippen molar-refractivity contribution in [2.24, 2.45) is 0 Å². The molecule has 0 amide bonds. The van der Waals surface area contributed by atoms with Gasteiger partial charge in [0.15, 0.2) is 0 Å². The van der Waals surface area contributed by atoms with Gasteiger partial charge < -0.3 is 9.47 Å². The lowest BCUT2D eigenvalue weighted by molar-refractivity contribution is -0.141. The fraction of sp³-hybridized carbons (Fsp3) is 0.429. The Kier molecular flexibility index (Phi) is 5.42. The Morgan fingerprint density at radius 1 is 1.30 bits per heavy atom. The number of rotatable bonds is 6. The van der Waals surface area contributed by atoms with E-state index in [-0.39, 0.29) is 18.4 Å². The van der Waals surface area contributed by atoms with Crippen LogP contribution >= 0.6 is 0 Å². The van der Waals surface area contributed by atoms with E-state index in [9.17, 15) is 17.6 Å². The van der Waals surface area contributed by atoms with Crippen LogP contribution in [0, 0.1) is 5.82 Å². The largest absolute Gasteiger partial charge is 0.499 e. The molecule has 0 unspecified atom stereocenters. The van der Waals surface area contributed by atoms with E-state index in [1.54, 1.807) is 6.92 Å². The topological polar surface area (TPSA) is 18.5 Å². The van der Waals surface area contributed by atoms with Crippen LogP contribution in [0.2, 0.25) is 0 Å². The van der Waals surface area contributed by atoms with Gasteiger partial charge in [0.25, 0.3) is 0 Å². The highest BCUT2D eigenvalue weighted by Gasteiger charge is 2.38. The molecule has 0 aliphatic rings. The van der Waals surface area contributed by atoms with Crippen LogP contribution in [-0.4, -0.2) is 13.7 Å². The van der Waals surface area contributed by atoms with E-state index in [2.05, 4.69) is 11.3 Å². The SMILES string of the molecule is C=C(CCc1ccc(OC)c(C(F)(F)F)c1F)OCC. The van der Waals surface area contributed by atoms with E-state index in [1.165, 1.54) is 6.07 Å². The van der Waals surface area contributed by atoms with Gasteiger partial charge in [-0.3, -0.25) is 0 Å². The fourth-order valence-electron chi connectivity index (χ4n) is 1.78. The molecule has 20 heavy (non-hydrogen) atoms. The standard InChI is InChI=1S/C14H16F4O2/c1-4-20-9(2)5-6-10-7-8-11(19-3)12(13(10)15)14(16,17)18/h7-8H,2,4-6H2,1,3H3. The highest BCUT2D eigenvalue weighted by Crippen LogP contribution is 2.39. The minimum absolute atomic E-state index is 0.0426. The molecule has 2 nitrogen and oxygen atoms in total. The monoisotopic (exact) mass is 292 g/mol. The molecule has 1 aromatic carbocycles. The molecule has 0 heterocycles. The number of hydrogen-bond donors (Lipinski definition) is 0. The minimum Gasteiger partial charge on any atom is -0.499 e. The van der Waals surface area contributed by atoms with Gasteiger partial charge in [0.1, 0.15) is 17.1 Å². The molecule has 0 bridgehead atoms. The first-order valence-electron chi connectivity index (χ1n) is 6.04. The summed E-state index contributed by atoms with van der Waals surface area (Å²) in [5, 5.41) is 0. The number of ether oxygens (including phenoxy) is 2. The lowest BCUT2D eigenvalue weighted by Gasteiger charge is -2.15. The molecular weight excluding hydrogens is 276 g/mol. The van der Waals surface area contributed by atoms with Gasteiger partial charge >= 0.3 is 6.18 Å². The second-order valence-electron chi connectivity index (χ2n) is 4.09. The zero-order valence-corrected chi connectivity index (χ0v) is 11.3. The normalized spacial score (nSPS) is 11.3. The van der Waals surface area contributed by atoms with Gasteiger partial charge in [-0.15, -0.1) is 0 Å². The number of allylic oxidation sites excluding steroid dienone is 1. The molecule has 0 atom stereocenters. The molecule has 0 fully saturated rings. The summed E-state index contributed by atoms with van der Waals surface area (Å²) in [7, 11) is 1.07. The minimum atomic E-state index is -4.80. The summed E-state index contributed by atoms with van der Waals surface area (Å²) in [6.07, 6.45) is -4.46. The van der Waals surface area contributed by atoms with Gasteiger partial charge in [-0.1, -0.05) is 12.6 Å². The Hall–Kier alpha value is -1.72. The van der Waals surface area contributed by atoms with E-state index >= 15 is 0 Å². The Balaban J connectivity index is 3.03. The van der Waals surface area contributed by atoms with Crippen molar-refractivity contribution in [3.8, 4) is 5.75 Å². The summed E-state index contributed by atoms with van der Waals surface area (Å²) in [6, 6.07) is 2.40. The van der Waals surface area contributed by atoms with Crippen molar-refractivity contribution < 1.29 is 27.0 Å². The summed E-state index contributed by atoms with van der Waals surface area (Å²) in [5.74, 6) is -1.42. The average molecular weight is 292 g/mol. The van der Waals surface area contributed by atoms with Crippen LogP contribution in [0.4, 0.5) is 17.6 Å². The Morgan fingerprint density at radius 2 is 1.95 bits per heavy atom. The van der Waals surface area contributed by atoms with Gasteiger partial charge in [-0.25, -0.2) is 4.39 Å². The van der Waals surface area contributed by atoms with Crippen molar-refractivity contribution in [1.82, 2.24) is 0 Å².